The molecule has 2 aromatic rings. The van der Waals surface area contributed by atoms with Gasteiger partial charge >= 0.3 is 5.97 Å². The lowest BCUT2D eigenvalue weighted by Crippen LogP contribution is -2.15. The third kappa shape index (κ3) is 3.90. The molecule has 0 aliphatic heterocycles. The van der Waals surface area contributed by atoms with Gasteiger partial charge in [0, 0.05) is 7.14 Å². The van der Waals surface area contributed by atoms with E-state index in [2.05, 4.69) is 4.72 Å². The van der Waals surface area contributed by atoms with Crippen molar-refractivity contribution in [3.8, 4) is 0 Å². The first-order chi connectivity index (χ1) is 10.2. The highest BCUT2D eigenvalue weighted by Crippen LogP contribution is 2.29. The minimum absolute atomic E-state index is 0.118. The topological polar surface area (TPSA) is 83.5 Å². The molecule has 5 nitrogen and oxygen atoms in total. The molecule has 2 N–H and O–H groups in total. The van der Waals surface area contributed by atoms with Gasteiger partial charge in [0.15, 0.2) is 0 Å². The minimum Gasteiger partial charge on any atom is -0.478 e. The van der Waals surface area contributed by atoms with E-state index < -0.39 is 16.0 Å². The summed E-state index contributed by atoms with van der Waals surface area (Å²) >= 11 is 3.83. The lowest BCUT2D eigenvalue weighted by Gasteiger charge is -2.12. The summed E-state index contributed by atoms with van der Waals surface area (Å²) in [7, 11) is -3.72. The minimum atomic E-state index is -3.72. The monoisotopic (exact) mass is 543 g/mol. The zero-order valence-electron chi connectivity index (χ0n) is 11.3. The van der Waals surface area contributed by atoms with Crippen molar-refractivity contribution in [3.63, 3.8) is 0 Å². The molecule has 0 fully saturated rings. The van der Waals surface area contributed by atoms with Crippen molar-refractivity contribution in [1.82, 2.24) is 0 Å². The van der Waals surface area contributed by atoms with Crippen LogP contribution in [0, 0.1) is 14.1 Å². The molecule has 0 aromatic heterocycles. The number of carboxylic acid groups (broad SMARTS) is 1. The average Bonchev–Trinajstić information content (AvgIpc) is 2.43. The van der Waals surface area contributed by atoms with Gasteiger partial charge in [0.05, 0.1) is 16.1 Å². The maximum Gasteiger partial charge on any atom is 0.335 e. The molecule has 0 atom stereocenters. The third-order valence-corrected chi connectivity index (χ3v) is 5.92. The molecule has 0 radical (unpaired) electrons. The van der Waals surface area contributed by atoms with E-state index in [-0.39, 0.29) is 10.5 Å². The molecule has 0 amide bonds. The number of anilines is 1. The van der Waals surface area contributed by atoms with Crippen molar-refractivity contribution in [2.45, 2.75) is 11.8 Å². The van der Waals surface area contributed by atoms with Crippen molar-refractivity contribution in [3.05, 3.63) is 54.7 Å². The van der Waals surface area contributed by atoms with E-state index in [9.17, 15) is 13.2 Å². The Morgan fingerprint density at radius 2 is 1.59 bits per heavy atom. The summed E-state index contributed by atoms with van der Waals surface area (Å²) in [4.78, 5) is 11.2. The van der Waals surface area contributed by atoms with Crippen LogP contribution in [0.25, 0.3) is 0 Å². The van der Waals surface area contributed by atoms with Gasteiger partial charge in [-0.2, -0.15) is 0 Å². The molecule has 0 saturated carbocycles. The maximum absolute atomic E-state index is 12.4. The van der Waals surface area contributed by atoms with Gasteiger partial charge in [-0.25, -0.2) is 13.2 Å². The van der Waals surface area contributed by atoms with Crippen LogP contribution in [0.4, 0.5) is 5.69 Å². The first-order valence-electron chi connectivity index (χ1n) is 6.02. The molecule has 0 aliphatic rings. The quantitative estimate of drug-likeness (QED) is 0.577. The molecule has 0 aliphatic carbocycles. The van der Waals surface area contributed by atoms with Gasteiger partial charge in [0.1, 0.15) is 0 Å². The van der Waals surface area contributed by atoms with Gasteiger partial charge < -0.3 is 5.11 Å². The number of aromatic carboxylic acids is 1. The standard InChI is InChI=1S/C14H11I2NO4S/c1-8-2-4-10(5-3-8)22(20,21)17-13-11(15)6-9(14(18)19)7-12(13)16/h2-7,17H,1H3,(H,18,19). The van der Waals surface area contributed by atoms with Crippen molar-refractivity contribution >= 4 is 66.9 Å². The fourth-order valence-electron chi connectivity index (χ4n) is 1.70. The second kappa shape index (κ2) is 6.71. The zero-order chi connectivity index (χ0) is 16.5. The molecule has 116 valence electrons. The Morgan fingerprint density at radius 1 is 1.09 bits per heavy atom. The highest BCUT2D eigenvalue weighted by molar-refractivity contribution is 14.1. The van der Waals surface area contributed by atoms with E-state index in [1.165, 1.54) is 24.3 Å². The molecule has 22 heavy (non-hydrogen) atoms. The van der Waals surface area contributed by atoms with E-state index in [0.717, 1.165) is 5.56 Å². The van der Waals surface area contributed by atoms with E-state index in [4.69, 9.17) is 5.11 Å². The molecular weight excluding hydrogens is 532 g/mol. The molecule has 0 saturated heterocycles. The predicted octanol–water partition coefficient (Wildman–Crippen LogP) is 3.70. The zero-order valence-corrected chi connectivity index (χ0v) is 16.4. The summed E-state index contributed by atoms with van der Waals surface area (Å²) in [6.45, 7) is 1.88. The highest BCUT2D eigenvalue weighted by atomic mass is 127. The largest absolute Gasteiger partial charge is 0.478 e. The molecular formula is C14H11I2NO4S. The number of rotatable bonds is 4. The number of carbonyl (C=O) groups is 1. The maximum atomic E-state index is 12.4. The number of halogens is 2. The van der Waals surface area contributed by atoms with E-state index in [0.29, 0.717) is 12.8 Å². The number of hydrogen-bond acceptors (Lipinski definition) is 3. The lowest BCUT2D eigenvalue weighted by atomic mass is 10.2. The number of sulfonamides is 1. The third-order valence-electron chi connectivity index (χ3n) is 2.86. The van der Waals surface area contributed by atoms with Crippen LogP contribution >= 0.6 is 45.2 Å². The smallest absolute Gasteiger partial charge is 0.335 e. The number of nitrogens with one attached hydrogen (secondary N) is 1. The van der Waals surface area contributed by atoms with Crippen LogP contribution in [0.2, 0.25) is 0 Å². The first-order valence-corrected chi connectivity index (χ1v) is 9.66. The first kappa shape index (κ1) is 17.5. The van der Waals surface area contributed by atoms with E-state index in [1.807, 2.05) is 52.1 Å². The summed E-state index contributed by atoms with van der Waals surface area (Å²) in [6.07, 6.45) is 0. The number of aryl methyl sites for hydroxylation is 1. The van der Waals surface area contributed by atoms with Gasteiger partial charge in [-0.05, 0) is 76.4 Å². The average molecular weight is 543 g/mol. The summed E-state index contributed by atoms with van der Waals surface area (Å²) in [6, 6.07) is 9.36. The Labute approximate surface area is 155 Å². The second-order valence-corrected chi connectivity index (χ2v) is 8.55. The molecule has 0 bridgehead atoms. The lowest BCUT2D eigenvalue weighted by molar-refractivity contribution is 0.0696. The van der Waals surface area contributed by atoms with Gasteiger partial charge in [0.2, 0.25) is 0 Å². The van der Waals surface area contributed by atoms with Gasteiger partial charge in [-0.1, -0.05) is 17.7 Å². The Hall–Kier alpha value is -0.880. The number of carboxylic acids is 1. The van der Waals surface area contributed by atoms with Crippen LogP contribution in [-0.4, -0.2) is 19.5 Å². The molecule has 2 aromatic carbocycles. The highest BCUT2D eigenvalue weighted by Gasteiger charge is 2.19. The van der Waals surface area contributed by atoms with Crippen molar-refractivity contribution in [2.75, 3.05) is 4.72 Å². The van der Waals surface area contributed by atoms with Gasteiger partial charge in [-0.15, -0.1) is 0 Å². The summed E-state index contributed by atoms with van der Waals surface area (Å²) < 4.78 is 28.4. The van der Waals surface area contributed by atoms with E-state index >= 15 is 0 Å². The summed E-state index contributed by atoms with van der Waals surface area (Å²) in [5.74, 6) is -1.05. The van der Waals surface area contributed by atoms with Gasteiger partial charge in [0.25, 0.3) is 10.0 Å². The second-order valence-electron chi connectivity index (χ2n) is 4.54. The Bertz CT molecular complexity index is 809. The summed E-state index contributed by atoms with van der Waals surface area (Å²) in [5, 5.41) is 9.02. The SMILES string of the molecule is Cc1ccc(S(=O)(=O)Nc2c(I)cc(C(=O)O)cc2I)cc1. The Kier molecular flexibility index (Phi) is 5.33. The Balaban J connectivity index is 2.42. The van der Waals surface area contributed by atoms with Crippen LogP contribution in [-0.2, 0) is 10.0 Å². The fraction of sp³-hybridized carbons (Fsp3) is 0.0714. The van der Waals surface area contributed by atoms with Crippen molar-refractivity contribution < 1.29 is 18.3 Å². The van der Waals surface area contributed by atoms with Crippen LogP contribution in [0.3, 0.4) is 0 Å². The Morgan fingerprint density at radius 3 is 2.05 bits per heavy atom. The van der Waals surface area contributed by atoms with Crippen molar-refractivity contribution in [1.29, 1.82) is 0 Å². The van der Waals surface area contributed by atoms with Crippen LogP contribution in [0.1, 0.15) is 15.9 Å². The molecule has 2 rings (SSSR count). The molecule has 8 heteroatoms. The summed E-state index contributed by atoms with van der Waals surface area (Å²) in [5.41, 5.74) is 1.47. The molecule has 0 spiro atoms. The number of benzene rings is 2. The van der Waals surface area contributed by atoms with Gasteiger partial charge in [-0.3, -0.25) is 4.72 Å². The molecule has 0 heterocycles. The van der Waals surface area contributed by atoms with Crippen LogP contribution < -0.4 is 4.72 Å². The van der Waals surface area contributed by atoms with Crippen molar-refractivity contribution in [2.24, 2.45) is 0 Å². The van der Waals surface area contributed by atoms with E-state index in [1.54, 1.807) is 12.1 Å². The fourth-order valence-corrected chi connectivity index (χ4v) is 5.21. The molecule has 0 unspecified atom stereocenters. The predicted molar refractivity (Wildman–Crippen MR) is 101 cm³/mol. The number of hydrogen-bond donors (Lipinski definition) is 2. The van der Waals surface area contributed by atoms with Crippen LogP contribution in [0.15, 0.2) is 41.3 Å². The van der Waals surface area contributed by atoms with Crippen LogP contribution in [0.5, 0.6) is 0 Å². The normalized spacial score (nSPS) is 11.2.